The molecule has 2 heterocycles. The van der Waals surface area contributed by atoms with Crippen molar-refractivity contribution < 1.29 is 17.7 Å². The Labute approximate surface area is 148 Å². The van der Waals surface area contributed by atoms with Gasteiger partial charge in [-0.3, -0.25) is 4.90 Å². The summed E-state index contributed by atoms with van der Waals surface area (Å²) >= 11 is 0. The van der Waals surface area contributed by atoms with Crippen molar-refractivity contribution in [2.75, 3.05) is 38.5 Å². The van der Waals surface area contributed by atoms with E-state index in [1.54, 1.807) is 10.5 Å². The van der Waals surface area contributed by atoms with Gasteiger partial charge in [0.1, 0.15) is 18.1 Å². The quantitative estimate of drug-likeness (QED) is 0.740. The minimum atomic E-state index is -3.30. The van der Waals surface area contributed by atoms with Crippen LogP contribution in [0.1, 0.15) is 11.3 Å². The van der Waals surface area contributed by atoms with Crippen LogP contribution in [0.25, 0.3) is 0 Å². The molecule has 0 N–H and O–H groups in total. The first-order chi connectivity index (χ1) is 12.0. The molecule has 1 aliphatic heterocycles. The summed E-state index contributed by atoms with van der Waals surface area (Å²) in [6.45, 7) is 5.17. The third-order valence-corrected chi connectivity index (χ3v) is 6.16. The summed E-state index contributed by atoms with van der Waals surface area (Å²) in [5, 5.41) is 3.78. The van der Waals surface area contributed by atoms with E-state index in [0.717, 1.165) is 17.9 Å². The molecule has 2 aromatic rings. The Bertz CT molecular complexity index is 768. The molecular weight excluding hydrogens is 342 g/mol. The molecular formula is C17H23N3O4S. The molecule has 1 aliphatic rings. The zero-order chi connectivity index (χ0) is 17.7. The number of para-hydroxylation sites is 1. The molecule has 25 heavy (non-hydrogen) atoms. The molecule has 0 aliphatic carbocycles. The number of hydrogen-bond acceptors (Lipinski definition) is 6. The first kappa shape index (κ1) is 17.9. The molecule has 3 rings (SSSR count). The highest BCUT2D eigenvalue weighted by atomic mass is 32.2. The number of benzene rings is 1. The summed E-state index contributed by atoms with van der Waals surface area (Å²) in [7, 11) is -3.30. The number of hydrogen-bond donors (Lipinski definition) is 0. The van der Waals surface area contributed by atoms with Gasteiger partial charge in [0.2, 0.25) is 10.0 Å². The van der Waals surface area contributed by atoms with Gasteiger partial charge in [-0.15, -0.1) is 0 Å². The van der Waals surface area contributed by atoms with E-state index >= 15 is 0 Å². The first-order valence-electron chi connectivity index (χ1n) is 8.33. The molecule has 0 bridgehead atoms. The lowest BCUT2D eigenvalue weighted by Crippen LogP contribution is -2.49. The van der Waals surface area contributed by atoms with Crippen molar-refractivity contribution in [3.05, 3.63) is 47.9 Å². The third-order valence-electron chi connectivity index (χ3n) is 4.32. The molecule has 0 radical (unpaired) electrons. The van der Waals surface area contributed by atoms with Crippen LogP contribution in [0, 0.1) is 6.92 Å². The van der Waals surface area contributed by atoms with Crippen molar-refractivity contribution >= 4 is 10.0 Å². The lowest BCUT2D eigenvalue weighted by atomic mass is 10.2. The molecule has 0 amide bonds. The van der Waals surface area contributed by atoms with Gasteiger partial charge in [0.15, 0.2) is 0 Å². The van der Waals surface area contributed by atoms with E-state index in [4.69, 9.17) is 9.26 Å². The molecule has 1 aromatic carbocycles. The zero-order valence-corrected chi connectivity index (χ0v) is 15.1. The van der Waals surface area contributed by atoms with E-state index in [-0.39, 0.29) is 12.4 Å². The summed E-state index contributed by atoms with van der Waals surface area (Å²) in [5.41, 5.74) is 1.05. The fourth-order valence-electron chi connectivity index (χ4n) is 2.79. The molecule has 0 spiro atoms. The van der Waals surface area contributed by atoms with Gasteiger partial charge in [-0.2, -0.15) is 4.31 Å². The Kier molecular flexibility index (Phi) is 5.72. The van der Waals surface area contributed by atoms with E-state index in [9.17, 15) is 8.42 Å². The van der Waals surface area contributed by atoms with Gasteiger partial charge in [0, 0.05) is 38.3 Å². The average molecular weight is 365 g/mol. The normalized spacial score (nSPS) is 16.8. The van der Waals surface area contributed by atoms with E-state index in [2.05, 4.69) is 10.1 Å². The van der Waals surface area contributed by atoms with E-state index in [1.807, 2.05) is 37.3 Å². The second-order valence-electron chi connectivity index (χ2n) is 6.06. The van der Waals surface area contributed by atoms with Crippen LogP contribution in [-0.4, -0.2) is 61.3 Å². The largest absolute Gasteiger partial charge is 0.492 e. The Morgan fingerprint density at radius 2 is 1.88 bits per heavy atom. The average Bonchev–Trinajstić information content (AvgIpc) is 3.01. The van der Waals surface area contributed by atoms with E-state index < -0.39 is 10.0 Å². The van der Waals surface area contributed by atoms with Crippen LogP contribution in [-0.2, 0) is 16.6 Å². The van der Waals surface area contributed by atoms with Crippen molar-refractivity contribution in [1.82, 2.24) is 14.4 Å². The van der Waals surface area contributed by atoms with E-state index in [1.165, 1.54) is 0 Å². The summed E-state index contributed by atoms with van der Waals surface area (Å²) in [4.78, 5) is 2.21. The first-order valence-corrected chi connectivity index (χ1v) is 9.94. The van der Waals surface area contributed by atoms with Crippen LogP contribution < -0.4 is 4.74 Å². The summed E-state index contributed by atoms with van der Waals surface area (Å²) in [6, 6.07) is 9.25. The standard InChI is InChI=1S/C17H23N3O4S/c1-15-16(13-18-24-15)14-19-7-9-20(10-8-19)25(21,22)12-11-23-17-5-3-2-4-6-17/h2-6,13H,7-12,14H2,1H3. The van der Waals surface area contributed by atoms with Crippen molar-refractivity contribution in [3.8, 4) is 5.75 Å². The Morgan fingerprint density at radius 1 is 1.16 bits per heavy atom. The second-order valence-corrected chi connectivity index (χ2v) is 8.15. The number of piperazine rings is 1. The van der Waals surface area contributed by atoms with Gasteiger partial charge in [-0.1, -0.05) is 23.4 Å². The lowest BCUT2D eigenvalue weighted by molar-refractivity contribution is 0.180. The summed E-state index contributed by atoms with van der Waals surface area (Å²) in [5.74, 6) is 1.49. The fourth-order valence-corrected chi connectivity index (χ4v) is 4.06. The number of aromatic nitrogens is 1. The van der Waals surface area contributed by atoms with Gasteiger partial charge in [-0.05, 0) is 19.1 Å². The number of sulfonamides is 1. The molecule has 0 atom stereocenters. The van der Waals surface area contributed by atoms with Crippen LogP contribution in [0.4, 0.5) is 0 Å². The Balaban J connectivity index is 1.45. The topological polar surface area (TPSA) is 75.9 Å². The number of rotatable bonds is 7. The minimum Gasteiger partial charge on any atom is -0.492 e. The lowest BCUT2D eigenvalue weighted by Gasteiger charge is -2.33. The van der Waals surface area contributed by atoms with Crippen LogP contribution >= 0.6 is 0 Å². The van der Waals surface area contributed by atoms with Crippen molar-refractivity contribution in [2.24, 2.45) is 0 Å². The van der Waals surface area contributed by atoms with Crippen molar-refractivity contribution in [2.45, 2.75) is 13.5 Å². The molecule has 7 nitrogen and oxygen atoms in total. The fraction of sp³-hybridized carbons (Fsp3) is 0.471. The monoisotopic (exact) mass is 365 g/mol. The van der Waals surface area contributed by atoms with Crippen LogP contribution in [0.3, 0.4) is 0 Å². The van der Waals surface area contributed by atoms with Gasteiger partial charge in [0.05, 0.1) is 11.9 Å². The number of nitrogens with zero attached hydrogens (tertiary/aromatic N) is 3. The molecule has 0 saturated carbocycles. The van der Waals surface area contributed by atoms with Crippen molar-refractivity contribution in [3.63, 3.8) is 0 Å². The molecule has 0 unspecified atom stereocenters. The summed E-state index contributed by atoms with van der Waals surface area (Å²) in [6.07, 6.45) is 1.72. The molecule has 8 heteroatoms. The number of aryl methyl sites for hydroxylation is 1. The molecule has 1 saturated heterocycles. The van der Waals surface area contributed by atoms with Gasteiger partial charge in [0.25, 0.3) is 0 Å². The second kappa shape index (κ2) is 7.99. The SMILES string of the molecule is Cc1oncc1CN1CCN(S(=O)(=O)CCOc2ccccc2)CC1. The van der Waals surface area contributed by atoms with Gasteiger partial charge < -0.3 is 9.26 Å². The predicted molar refractivity (Wildman–Crippen MR) is 93.8 cm³/mol. The maximum atomic E-state index is 12.5. The van der Waals surface area contributed by atoms with Crippen LogP contribution in [0.2, 0.25) is 0 Å². The smallest absolute Gasteiger partial charge is 0.217 e. The maximum absolute atomic E-state index is 12.5. The molecule has 1 fully saturated rings. The minimum absolute atomic E-state index is 0.00729. The highest BCUT2D eigenvalue weighted by molar-refractivity contribution is 7.89. The Morgan fingerprint density at radius 3 is 2.52 bits per heavy atom. The van der Waals surface area contributed by atoms with Crippen LogP contribution in [0.5, 0.6) is 5.75 Å². The molecule has 1 aromatic heterocycles. The van der Waals surface area contributed by atoms with E-state index in [0.29, 0.717) is 31.9 Å². The predicted octanol–water partition coefficient (Wildman–Crippen LogP) is 1.51. The Hall–Kier alpha value is -1.90. The zero-order valence-electron chi connectivity index (χ0n) is 14.3. The summed E-state index contributed by atoms with van der Waals surface area (Å²) < 4.78 is 37.0. The van der Waals surface area contributed by atoms with Gasteiger partial charge >= 0.3 is 0 Å². The maximum Gasteiger partial charge on any atom is 0.217 e. The highest BCUT2D eigenvalue weighted by Gasteiger charge is 2.27. The molecule has 136 valence electrons. The van der Waals surface area contributed by atoms with Crippen LogP contribution in [0.15, 0.2) is 41.1 Å². The third kappa shape index (κ3) is 4.81. The number of ether oxygens (including phenoxy) is 1. The highest BCUT2D eigenvalue weighted by Crippen LogP contribution is 2.14. The van der Waals surface area contributed by atoms with Gasteiger partial charge in [-0.25, -0.2) is 8.42 Å². The van der Waals surface area contributed by atoms with Crippen molar-refractivity contribution in [1.29, 1.82) is 0 Å².